The predicted octanol–water partition coefficient (Wildman–Crippen LogP) is 0.499. The molecule has 1 heterocycles. The van der Waals surface area contributed by atoms with Crippen molar-refractivity contribution in [3.05, 3.63) is 0 Å². The summed E-state index contributed by atoms with van der Waals surface area (Å²) in [4.78, 5) is 2.19. The Morgan fingerprint density at radius 3 is 3.00 bits per heavy atom. The summed E-state index contributed by atoms with van der Waals surface area (Å²) in [7, 11) is 2.05. The van der Waals surface area contributed by atoms with Crippen molar-refractivity contribution in [3.8, 4) is 6.19 Å². The van der Waals surface area contributed by atoms with E-state index in [0.717, 1.165) is 13.0 Å². The molecule has 1 saturated heterocycles. The van der Waals surface area contributed by atoms with Crippen LogP contribution in [0.1, 0.15) is 19.3 Å². The Hall–Kier alpha value is -0.750. The lowest BCUT2D eigenvalue weighted by Crippen LogP contribution is -2.44. The Balaban J connectivity index is 2.34. The smallest absolute Gasteiger partial charge is 0.177 e. The van der Waals surface area contributed by atoms with E-state index < -0.39 is 0 Å². The zero-order chi connectivity index (χ0) is 7.40. The number of rotatable bonds is 1. The maximum atomic E-state index is 8.35. The summed E-state index contributed by atoms with van der Waals surface area (Å²) in [5.74, 6) is 0. The highest BCUT2D eigenvalue weighted by Crippen LogP contribution is 2.11. The van der Waals surface area contributed by atoms with E-state index in [2.05, 4.69) is 10.2 Å². The third-order valence-electron chi connectivity index (χ3n) is 2.00. The fraction of sp³-hybridized carbons (Fsp3) is 0.857. The highest BCUT2D eigenvalue weighted by Gasteiger charge is 2.16. The van der Waals surface area contributed by atoms with E-state index in [4.69, 9.17) is 5.26 Å². The third-order valence-corrected chi connectivity index (χ3v) is 2.00. The second-order valence-electron chi connectivity index (χ2n) is 2.75. The zero-order valence-corrected chi connectivity index (χ0v) is 6.30. The van der Waals surface area contributed by atoms with Gasteiger partial charge in [-0.2, -0.15) is 5.26 Å². The van der Waals surface area contributed by atoms with Gasteiger partial charge in [0.1, 0.15) is 0 Å². The van der Waals surface area contributed by atoms with E-state index in [0.29, 0.717) is 6.17 Å². The molecule has 1 rings (SSSR count). The van der Waals surface area contributed by atoms with Gasteiger partial charge in [0.25, 0.3) is 0 Å². The molecule has 1 aliphatic heterocycles. The molecule has 0 amide bonds. The molecule has 1 N–H and O–H groups in total. The van der Waals surface area contributed by atoms with Gasteiger partial charge in [-0.05, 0) is 32.9 Å². The molecule has 56 valence electrons. The van der Waals surface area contributed by atoms with Crippen molar-refractivity contribution < 1.29 is 0 Å². The SMILES string of the molecule is CN1CCCCC1NC#N. The van der Waals surface area contributed by atoms with E-state index in [9.17, 15) is 0 Å². The Morgan fingerprint density at radius 2 is 2.40 bits per heavy atom. The molecule has 0 radical (unpaired) electrons. The minimum Gasteiger partial charge on any atom is -0.307 e. The first-order valence-corrected chi connectivity index (χ1v) is 3.69. The summed E-state index contributed by atoms with van der Waals surface area (Å²) in [6.45, 7) is 1.11. The van der Waals surface area contributed by atoms with Crippen LogP contribution in [0.2, 0.25) is 0 Å². The van der Waals surface area contributed by atoms with Gasteiger partial charge in [-0.15, -0.1) is 0 Å². The van der Waals surface area contributed by atoms with Crippen LogP contribution < -0.4 is 5.32 Å². The van der Waals surface area contributed by atoms with Crippen molar-refractivity contribution in [2.24, 2.45) is 0 Å². The van der Waals surface area contributed by atoms with Gasteiger partial charge in [0.05, 0.1) is 6.17 Å². The fourth-order valence-electron chi connectivity index (χ4n) is 1.33. The molecule has 0 aromatic heterocycles. The summed E-state index contributed by atoms with van der Waals surface area (Å²) < 4.78 is 0. The van der Waals surface area contributed by atoms with Crippen molar-refractivity contribution in [3.63, 3.8) is 0 Å². The number of nitrogens with zero attached hydrogens (tertiary/aromatic N) is 2. The second kappa shape index (κ2) is 3.43. The molecule has 0 spiro atoms. The van der Waals surface area contributed by atoms with Crippen molar-refractivity contribution in [2.45, 2.75) is 25.4 Å². The van der Waals surface area contributed by atoms with Crippen LogP contribution in [-0.2, 0) is 0 Å². The highest BCUT2D eigenvalue weighted by atomic mass is 15.2. The number of likely N-dealkylation sites (tertiary alicyclic amines) is 1. The molecule has 1 aliphatic rings. The average molecular weight is 139 g/mol. The first-order chi connectivity index (χ1) is 4.84. The molecule has 3 nitrogen and oxygen atoms in total. The van der Waals surface area contributed by atoms with Crippen molar-refractivity contribution >= 4 is 0 Å². The van der Waals surface area contributed by atoms with E-state index in [1.54, 1.807) is 0 Å². The molecule has 0 aromatic carbocycles. The molecule has 0 saturated carbocycles. The van der Waals surface area contributed by atoms with Gasteiger partial charge in [-0.1, -0.05) is 0 Å². The Bertz CT molecular complexity index is 138. The predicted molar refractivity (Wildman–Crippen MR) is 39.0 cm³/mol. The number of hydrogen-bond donors (Lipinski definition) is 1. The van der Waals surface area contributed by atoms with Gasteiger partial charge in [-0.3, -0.25) is 4.90 Å². The first kappa shape index (κ1) is 7.36. The number of nitriles is 1. The van der Waals surface area contributed by atoms with Gasteiger partial charge < -0.3 is 5.32 Å². The van der Waals surface area contributed by atoms with Crippen LogP contribution in [0.25, 0.3) is 0 Å². The number of piperidine rings is 1. The first-order valence-electron chi connectivity index (χ1n) is 3.69. The molecule has 0 aromatic rings. The minimum atomic E-state index is 0.291. The van der Waals surface area contributed by atoms with Crippen LogP contribution in [0.4, 0.5) is 0 Å². The van der Waals surface area contributed by atoms with Crippen LogP contribution in [0.15, 0.2) is 0 Å². The van der Waals surface area contributed by atoms with Crippen LogP contribution >= 0.6 is 0 Å². The topological polar surface area (TPSA) is 39.1 Å². The van der Waals surface area contributed by atoms with Gasteiger partial charge in [0.15, 0.2) is 6.19 Å². The summed E-state index contributed by atoms with van der Waals surface area (Å²) in [6, 6.07) is 0. The van der Waals surface area contributed by atoms with Crippen molar-refractivity contribution in [1.29, 1.82) is 5.26 Å². The minimum absolute atomic E-state index is 0.291. The number of hydrogen-bond acceptors (Lipinski definition) is 3. The van der Waals surface area contributed by atoms with Crippen molar-refractivity contribution in [2.75, 3.05) is 13.6 Å². The van der Waals surface area contributed by atoms with E-state index >= 15 is 0 Å². The number of nitrogens with one attached hydrogen (secondary N) is 1. The third kappa shape index (κ3) is 1.61. The quantitative estimate of drug-likeness (QED) is 0.424. The molecule has 1 unspecified atom stereocenters. The highest BCUT2D eigenvalue weighted by molar-refractivity contribution is 4.78. The summed E-state index contributed by atoms with van der Waals surface area (Å²) >= 11 is 0. The summed E-state index contributed by atoms with van der Waals surface area (Å²) in [5, 5.41) is 11.1. The maximum Gasteiger partial charge on any atom is 0.177 e. The average Bonchev–Trinajstić information content (AvgIpc) is 1.94. The lowest BCUT2D eigenvalue weighted by molar-refractivity contribution is 0.169. The van der Waals surface area contributed by atoms with Crippen LogP contribution in [0.3, 0.4) is 0 Å². The van der Waals surface area contributed by atoms with Gasteiger partial charge >= 0.3 is 0 Å². The lowest BCUT2D eigenvalue weighted by Gasteiger charge is -2.30. The molecule has 0 aliphatic carbocycles. The van der Waals surface area contributed by atoms with Gasteiger partial charge in [0, 0.05) is 0 Å². The molecule has 1 fully saturated rings. The molecular weight excluding hydrogens is 126 g/mol. The Morgan fingerprint density at radius 1 is 1.60 bits per heavy atom. The standard InChI is InChI=1S/C7H13N3/c1-10-5-3-2-4-7(10)9-6-8/h7,9H,2-5H2,1H3. The molecule has 0 bridgehead atoms. The Labute approximate surface area is 61.6 Å². The van der Waals surface area contributed by atoms with E-state index in [1.165, 1.54) is 12.8 Å². The fourth-order valence-corrected chi connectivity index (χ4v) is 1.33. The summed E-state index contributed by atoms with van der Waals surface area (Å²) in [6.07, 6.45) is 5.87. The molecule has 10 heavy (non-hydrogen) atoms. The second-order valence-corrected chi connectivity index (χ2v) is 2.75. The Kier molecular flexibility index (Phi) is 2.52. The molecular formula is C7H13N3. The largest absolute Gasteiger partial charge is 0.307 e. The zero-order valence-electron chi connectivity index (χ0n) is 6.30. The molecule has 3 heteroatoms. The van der Waals surface area contributed by atoms with E-state index in [1.807, 2.05) is 13.2 Å². The lowest BCUT2D eigenvalue weighted by atomic mass is 10.1. The maximum absolute atomic E-state index is 8.35. The van der Waals surface area contributed by atoms with E-state index in [-0.39, 0.29) is 0 Å². The van der Waals surface area contributed by atoms with Crippen LogP contribution in [-0.4, -0.2) is 24.7 Å². The monoisotopic (exact) mass is 139 g/mol. The normalized spacial score (nSPS) is 27.4. The van der Waals surface area contributed by atoms with Gasteiger partial charge in [0.2, 0.25) is 0 Å². The molecule has 1 atom stereocenters. The van der Waals surface area contributed by atoms with Crippen LogP contribution in [0.5, 0.6) is 0 Å². The van der Waals surface area contributed by atoms with Crippen LogP contribution in [0, 0.1) is 11.5 Å². The van der Waals surface area contributed by atoms with Gasteiger partial charge in [-0.25, -0.2) is 0 Å². The summed E-state index contributed by atoms with van der Waals surface area (Å²) in [5.41, 5.74) is 0. The van der Waals surface area contributed by atoms with Crippen molar-refractivity contribution in [1.82, 2.24) is 10.2 Å².